The molecule has 0 atom stereocenters. The molecular weight excluding hydrogens is 385 g/mol. The van der Waals surface area contributed by atoms with E-state index >= 15 is 0 Å². The van der Waals surface area contributed by atoms with Crippen molar-refractivity contribution in [3.8, 4) is 11.3 Å². The van der Waals surface area contributed by atoms with Crippen molar-refractivity contribution in [3.05, 3.63) is 121 Å². The van der Waals surface area contributed by atoms with Crippen LogP contribution in [0.15, 0.2) is 121 Å². The van der Waals surface area contributed by atoms with E-state index in [1.807, 2.05) is 109 Å². The molecule has 0 unspecified atom stereocenters. The molecule has 4 aromatic carbocycles. The number of hydrogen-bond acceptors (Lipinski definition) is 2. The van der Waals surface area contributed by atoms with Crippen LogP contribution in [0.1, 0.15) is 0 Å². The topological polar surface area (TPSA) is 30.0 Å². The summed E-state index contributed by atoms with van der Waals surface area (Å²) in [5.41, 5.74) is 2.89. The van der Waals surface area contributed by atoms with Gasteiger partial charge >= 0.3 is 0 Å². The van der Waals surface area contributed by atoms with Crippen molar-refractivity contribution in [2.24, 2.45) is 0 Å². The lowest BCUT2D eigenvalue weighted by atomic mass is 10.1. The normalized spacial score (nSPS) is 11.5. The smallest absolute Gasteiger partial charge is 0.171 e. The fraction of sp³-hybridized carbons (Fsp3) is 0. The first-order valence-corrected chi connectivity index (χ1v) is 11.6. The van der Waals surface area contributed by atoms with E-state index in [2.05, 4.69) is 12.1 Å². The third-order valence-electron chi connectivity index (χ3n) is 5.36. The zero-order chi connectivity index (χ0) is 20.4. The summed E-state index contributed by atoms with van der Waals surface area (Å²) in [5, 5.41) is 3.63. The number of para-hydroxylation sites is 1. The van der Waals surface area contributed by atoms with Crippen LogP contribution in [0.25, 0.3) is 22.2 Å². The standard InChI is InChI=1S/C27H20NOP/c29-30(23-10-3-1-4-11-23,24-12-5-2-6-13-24)25-18-15-22(16-19-25)27-20-17-21-9-7-8-14-26(21)28-27/h1-20H. The summed E-state index contributed by atoms with van der Waals surface area (Å²) in [6.07, 6.45) is 0. The van der Waals surface area contributed by atoms with Gasteiger partial charge in [0.15, 0.2) is 7.14 Å². The van der Waals surface area contributed by atoms with E-state index in [9.17, 15) is 4.57 Å². The summed E-state index contributed by atoms with van der Waals surface area (Å²) in [6, 6.07) is 39.7. The average molecular weight is 405 g/mol. The van der Waals surface area contributed by atoms with E-state index in [4.69, 9.17) is 4.98 Å². The van der Waals surface area contributed by atoms with E-state index in [0.29, 0.717) is 0 Å². The molecule has 30 heavy (non-hydrogen) atoms. The van der Waals surface area contributed by atoms with Gasteiger partial charge < -0.3 is 4.57 Å². The molecule has 144 valence electrons. The van der Waals surface area contributed by atoms with Gasteiger partial charge in [-0.1, -0.05) is 109 Å². The first-order chi connectivity index (χ1) is 14.7. The van der Waals surface area contributed by atoms with Crippen molar-refractivity contribution in [2.75, 3.05) is 0 Å². The molecule has 3 heteroatoms. The maximum absolute atomic E-state index is 14.4. The lowest BCUT2D eigenvalue weighted by molar-refractivity contribution is 0.592. The predicted molar refractivity (Wildman–Crippen MR) is 127 cm³/mol. The van der Waals surface area contributed by atoms with Crippen molar-refractivity contribution >= 4 is 34.0 Å². The lowest BCUT2D eigenvalue weighted by Gasteiger charge is -2.20. The Morgan fingerprint density at radius 1 is 0.500 bits per heavy atom. The Balaban J connectivity index is 1.60. The first kappa shape index (κ1) is 18.5. The van der Waals surface area contributed by atoms with Gasteiger partial charge in [-0.15, -0.1) is 0 Å². The molecule has 1 aromatic heterocycles. The van der Waals surface area contributed by atoms with E-state index < -0.39 is 7.14 Å². The highest BCUT2D eigenvalue weighted by atomic mass is 31.2. The number of rotatable bonds is 4. The largest absolute Gasteiger partial charge is 0.309 e. The monoisotopic (exact) mass is 405 g/mol. The lowest BCUT2D eigenvalue weighted by Crippen LogP contribution is -2.24. The minimum Gasteiger partial charge on any atom is -0.309 e. The molecular formula is C27H20NOP. The average Bonchev–Trinajstić information content (AvgIpc) is 2.84. The molecule has 0 fully saturated rings. The van der Waals surface area contributed by atoms with Gasteiger partial charge in [-0.3, -0.25) is 0 Å². The summed E-state index contributed by atoms with van der Waals surface area (Å²) in [4.78, 5) is 4.78. The summed E-state index contributed by atoms with van der Waals surface area (Å²) in [6.45, 7) is 0. The van der Waals surface area contributed by atoms with Crippen molar-refractivity contribution in [2.45, 2.75) is 0 Å². The first-order valence-electron chi connectivity index (χ1n) is 9.93. The molecule has 5 aromatic rings. The van der Waals surface area contributed by atoms with Gasteiger partial charge in [-0.2, -0.15) is 0 Å². The minimum absolute atomic E-state index is 0.824. The zero-order valence-electron chi connectivity index (χ0n) is 16.3. The maximum Gasteiger partial charge on any atom is 0.171 e. The molecule has 0 saturated heterocycles. The quantitative estimate of drug-likeness (QED) is 0.368. The number of benzene rings is 4. The van der Waals surface area contributed by atoms with Crippen molar-refractivity contribution in [3.63, 3.8) is 0 Å². The zero-order valence-corrected chi connectivity index (χ0v) is 17.2. The highest BCUT2D eigenvalue weighted by molar-refractivity contribution is 7.85. The van der Waals surface area contributed by atoms with E-state index in [-0.39, 0.29) is 0 Å². The van der Waals surface area contributed by atoms with Crippen LogP contribution in [0.5, 0.6) is 0 Å². The van der Waals surface area contributed by atoms with E-state index in [1.165, 1.54) is 0 Å². The van der Waals surface area contributed by atoms with E-state index in [1.54, 1.807) is 0 Å². The molecule has 0 aliphatic carbocycles. The van der Waals surface area contributed by atoms with Gasteiger partial charge in [0, 0.05) is 26.9 Å². The number of nitrogens with zero attached hydrogens (tertiary/aromatic N) is 1. The Labute approximate surface area is 176 Å². The highest BCUT2D eigenvalue weighted by Gasteiger charge is 2.29. The van der Waals surface area contributed by atoms with Gasteiger partial charge in [0.25, 0.3) is 0 Å². The Morgan fingerprint density at radius 3 is 1.67 bits per heavy atom. The Hall–Kier alpha value is -3.48. The van der Waals surface area contributed by atoms with Crippen LogP contribution < -0.4 is 15.9 Å². The minimum atomic E-state index is -2.95. The van der Waals surface area contributed by atoms with Crippen LogP contribution in [0, 0.1) is 0 Å². The van der Waals surface area contributed by atoms with Gasteiger partial charge in [0.1, 0.15) is 0 Å². The third kappa shape index (κ3) is 3.26. The van der Waals surface area contributed by atoms with Gasteiger partial charge in [-0.05, 0) is 12.1 Å². The summed E-state index contributed by atoms with van der Waals surface area (Å²) in [7, 11) is -2.95. The number of hydrogen-bond donors (Lipinski definition) is 0. The van der Waals surface area contributed by atoms with Crippen molar-refractivity contribution in [1.29, 1.82) is 0 Å². The molecule has 0 radical (unpaired) electrons. The van der Waals surface area contributed by atoms with Gasteiger partial charge in [0.2, 0.25) is 0 Å². The molecule has 0 bridgehead atoms. The van der Waals surface area contributed by atoms with Crippen LogP contribution in [0.2, 0.25) is 0 Å². The molecule has 0 aliphatic rings. The third-order valence-corrected chi connectivity index (χ3v) is 8.44. The summed E-state index contributed by atoms with van der Waals surface area (Å²) >= 11 is 0. The summed E-state index contributed by atoms with van der Waals surface area (Å²) in [5.74, 6) is 0. The van der Waals surface area contributed by atoms with Gasteiger partial charge in [-0.25, -0.2) is 4.98 Å². The molecule has 5 rings (SSSR count). The number of aromatic nitrogens is 1. The van der Waals surface area contributed by atoms with Crippen LogP contribution in [0.3, 0.4) is 0 Å². The SMILES string of the molecule is O=P(c1ccccc1)(c1ccccc1)c1ccc(-c2ccc3ccccc3n2)cc1. The fourth-order valence-corrected chi connectivity index (χ4v) is 6.44. The molecule has 1 heterocycles. The summed E-state index contributed by atoms with van der Waals surface area (Å²) < 4.78 is 14.4. The Bertz CT molecular complexity index is 1300. The Morgan fingerprint density at radius 2 is 1.03 bits per heavy atom. The predicted octanol–water partition coefficient (Wildman–Crippen LogP) is 5.54. The fourth-order valence-electron chi connectivity index (χ4n) is 3.79. The van der Waals surface area contributed by atoms with Crippen LogP contribution in [-0.2, 0) is 4.57 Å². The second-order valence-corrected chi connectivity index (χ2v) is 9.98. The highest BCUT2D eigenvalue weighted by Crippen LogP contribution is 2.42. The van der Waals surface area contributed by atoms with E-state index in [0.717, 1.165) is 38.1 Å². The molecule has 0 aliphatic heterocycles. The molecule has 0 amide bonds. The van der Waals surface area contributed by atoms with Crippen LogP contribution >= 0.6 is 7.14 Å². The Kier molecular flexibility index (Phi) is 4.78. The number of pyridine rings is 1. The second-order valence-electron chi connectivity index (χ2n) is 7.22. The van der Waals surface area contributed by atoms with Crippen LogP contribution in [-0.4, -0.2) is 4.98 Å². The second kappa shape index (κ2) is 7.74. The van der Waals surface area contributed by atoms with Crippen LogP contribution in [0.4, 0.5) is 0 Å². The molecule has 2 nitrogen and oxygen atoms in total. The van der Waals surface area contributed by atoms with Crippen molar-refractivity contribution < 1.29 is 4.57 Å². The molecule has 0 spiro atoms. The molecule has 0 N–H and O–H groups in total. The maximum atomic E-state index is 14.4. The number of fused-ring (bicyclic) bond motifs is 1. The van der Waals surface area contributed by atoms with Crippen molar-refractivity contribution in [1.82, 2.24) is 4.98 Å². The van der Waals surface area contributed by atoms with Gasteiger partial charge in [0.05, 0.1) is 11.2 Å². The molecule has 0 saturated carbocycles.